The van der Waals surface area contributed by atoms with Gasteiger partial charge in [0.2, 0.25) is 0 Å². The van der Waals surface area contributed by atoms with E-state index in [9.17, 15) is 9.59 Å². The number of aromatic nitrogens is 3. The summed E-state index contributed by atoms with van der Waals surface area (Å²) in [6, 6.07) is 3.93. The second-order valence-corrected chi connectivity index (χ2v) is 7.30. The third kappa shape index (κ3) is 4.35. The van der Waals surface area contributed by atoms with E-state index in [0.29, 0.717) is 18.1 Å². The Morgan fingerprint density at radius 2 is 2.00 bits per heavy atom. The first-order chi connectivity index (χ1) is 13.0. The van der Waals surface area contributed by atoms with Gasteiger partial charge in [0.05, 0.1) is 5.69 Å². The summed E-state index contributed by atoms with van der Waals surface area (Å²) in [6.07, 6.45) is 7.04. The zero-order chi connectivity index (χ0) is 19.4. The van der Waals surface area contributed by atoms with Gasteiger partial charge in [0.1, 0.15) is 5.69 Å². The summed E-state index contributed by atoms with van der Waals surface area (Å²) >= 11 is 0. The molecule has 0 bridgehead atoms. The number of likely N-dealkylation sites (N-methyl/N-ethyl adjacent to an activating group) is 1. The van der Waals surface area contributed by atoms with Crippen molar-refractivity contribution in [2.75, 3.05) is 13.6 Å². The Labute approximate surface area is 159 Å². The zero-order valence-corrected chi connectivity index (χ0v) is 16.2. The molecule has 1 N–H and O–H groups in total. The molecule has 144 valence electrons. The van der Waals surface area contributed by atoms with Gasteiger partial charge in [-0.15, -0.1) is 0 Å². The van der Waals surface area contributed by atoms with Crippen molar-refractivity contribution in [1.82, 2.24) is 24.8 Å². The minimum Gasteiger partial charge on any atom is -0.348 e. The van der Waals surface area contributed by atoms with Crippen LogP contribution in [0.25, 0.3) is 0 Å². The molecule has 0 fully saturated rings. The van der Waals surface area contributed by atoms with Crippen LogP contribution in [0.3, 0.4) is 0 Å². The van der Waals surface area contributed by atoms with E-state index < -0.39 is 0 Å². The van der Waals surface area contributed by atoms with E-state index in [4.69, 9.17) is 0 Å². The van der Waals surface area contributed by atoms with E-state index in [1.54, 1.807) is 24.3 Å². The summed E-state index contributed by atoms with van der Waals surface area (Å²) in [7, 11) is 1.78. The van der Waals surface area contributed by atoms with Gasteiger partial charge in [0.15, 0.2) is 5.82 Å². The number of hydrogen-bond donors (Lipinski definition) is 1. The predicted molar refractivity (Wildman–Crippen MR) is 103 cm³/mol. The molecular weight excluding hydrogens is 342 g/mol. The van der Waals surface area contributed by atoms with Crippen LogP contribution in [0.4, 0.5) is 0 Å². The number of carbonyl (C=O) groups is 2. The Kier molecular flexibility index (Phi) is 5.88. The largest absolute Gasteiger partial charge is 0.348 e. The molecule has 3 rings (SSSR count). The first-order valence-electron chi connectivity index (χ1n) is 9.52. The fraction of sp³-hybridized carbons (Fsp3) is 0.500. The average Bonchev–Trinajstić information content (AvgIpc) is 3.05. The van der Waals surface area contributed by atoms with Crippen LogP contribution in [-0.2, 0) is 19.4 Å². The van der Waals surface area contributed by atoms with Crippen LogP contribution in [-0.4, -0.2) is 50.9 Å². The molecule has 0 aromatic carbocycles. The number of nitrogens with one attached hydrogen (secondary N) is 1. The number of fused-ring (bicyclic) bond motifs is 1. The molecule has 0 atom stereocenters. The molecule has 0 spiro atoms. The number of rotatable bonds is 6. The molecule has 0 saturated carbocycles. The smallest absolute Gasteiger partial charge is 0.289 e. The minimum atomic E-state index is -0.200. The number of pyridine rings is 1. The summed E-state index contributed by atoms with van der Waals surface area (Å²) in [5.41, 5.74) is 2.41. The molecule has 2 aromatic heterocycles. The fourth-order valence-corrected chi connectivity index (χ4v) is 3.34. The maximum absolute atomic E-state index is 13.0. The van der Waals surface area contributed by atoms with Crippen molar-refractivity contribution >= 4 is 11.8 Å². The van der Waals surface area contributed by atoms with Gasteiger partial charge in [-0.05, 0) is 57.2 Å². The Morgan fingerprint density at radius 1 is 1.26 bits per heavy atom. The summed E-state index contributed by atoms with van der Waals surface area (Å²) in [4.78, 5) is 35.7. The van der Waals surface area contributed by atoms with Crippen LogP contribution in [0.2, 0.25) is 0 Å². The summed E-state index contributed by atoms with van der Waals surface area (Å²) in [5.74, 6) is 0.0285. The molecule has 0 radical (unpaired) electrons. The Morgan fingerprint density at radius 3 is 2.70 bits per heavy atom. The van der Waals surface area contributed by atoms with Gasteiger partial charge < -0.3 is 14.8 Å². The molecule has 1 aliphatic heterocycles. The van der Waals surface area contributed by atoms with Crippen LogP contribution in [0, 0.1) is 0 Å². The van der Waals surface area contributed by atoms with E-state index in [-0.39, 0.29) is 17.9 Å². The number of hydrogen-bond acceptors (Lipinski definition) is 4. The lowest BCUT2D eigenvalue weighted by Crippen LogP contribution is -2.32. The molecule has 7 heteroatoms. The highest BCUT2D eigenvalue weighted by Gasteiger charge is 2.28. The van der Waals surface area contributed by atoms with Gasteiger partial charge >= 0.3 is 0 Å². The molecule has 1 aliphatic rings. The SMILES string of the molecule is CC(C)NC(=O)c1nc(C(=O)N(C)CCc2ccncc2)n2c1CCCC2. The van der Waals surface area contributed by atoms with Crippen molar-refractivity contribution in [1.29, 1.82) is 0 Å². The highest BCUT2D eigenvalue weighted by Crippen LogP contribution is 2.22. The molecule has 27 heavy (non-hydrogen) atoms. The monoisotopic (exact) mass is 369 g/mol. The molecule has 3 heterocycles. The first-order valence-corrected chi connectivity index (χ1v) is 9.52. The van der Waals surface area contributed by atoms with Crippen molar-refractivity contribution in [2.24, 2.45) is 0 Å². The van der Waals surface area contributed by atoms with Crippen LogP contribution in [0.1, 0.15) is 59.1 Å². The predicted octanol–water partition coefficient (Wildman–Crippen LogP) is 2.07. The van der Waals surface area contributed by atoms with Crippen LogP contribution in [0.15, 0.2) is 24.5 Å². The summed E-state index contributed by atoms with van der Waals surface area (Å²) < 4.78 is 1.93. The summed E-state index contributed by atoms with van der Waals surface area (Å²) in [6.45, 7) is 5.15. The summed E-state index contributed by atoms with van der Waals surface area (Å²) in [5, 5.41) is 2.89. The number of imidazole rings is 1. The van der Waals surface area contributed by atoms with Gasteiger partial charge in [-0.1, -0.05) is 0 Å². The van der Waals surface area contributed by atoms with Gasteiger partial charge in [-0.3, -0.25) is 14.6 Å². The molecule has 7 nitrogen and oxygen atoms in total. The van der Waals surface area contributed by atoms with Crippen LogP contribution < -0.4 is 5.32 Å². The zero-order valence-electron chi connectivity index (χ0n) is 16.2. The third-order valence-corrected chi connectivity index (χ3v) is 4.78. The van der Waals surface area contributed by atoms with Gasteiger partial charge in [0.25, 0.3) is 11.8 Å². The maximum atomic E-state index is 13.0. The second-order valence-electron chi connectivity index (χ2n) is 7.30. The van der Waals surface area contributed by atoms with Crippen molar-refractivity contribution < 1.29 is 9.59 Å². The Bertz CT molecular complexity index is 813. The number of amides is 2. The normalized spacial score (nSPS) is 13.3. The highest BCUT2D eigenvalue weighted by molar-refractivity contribution is 5.97. The number of carbonyl (C=O) groups excluding carboxylic acids is 2. The minimum absolute atomic E-state index is 0.0284. The quantitative estimate of drug-likeness (QED) is 0.845. The Balaban J connectivity index is 1.79. The standard InChI is InChI=1S/C20H27N5O2/c1-14(2)22-19(26)17-16-6-4-5-12-25(16)18(23-17)20(27)24(3)13-9-15-7-10-21-11-8-15/h7-8,10-11,14H,4-6,9,12-13H2,1-3H3,(H,22,26). The molecule has 0 aliphatic carbocycles. The number of nitrogens with zero attached hydrogens (tertiary/aromatic N) is 4. The van der Waals surface area contributed by atoms with Crippen molar-refractivity contribution in [3.8, 4) is 0 Å². The van der Waals surface area contributed by atoms with Gasteiger partial charge in [-0.25, -0.2) is 4.98 Å². The average molecular weight is 369 g/mol. The fourth-order valence-electron chi connectivity index (χ4n) is 3.34. The molecular formula is C20H27N5O2. The molecule has 0 saturated heterocycles. The third-order valence-electron chi connectivity index (χ3n) is 4.78. The van der Waals surface area contributed by atoms with Gasteiger partial charge in [-0.2, -0.15) is 0 Å². The second kappa shape index (κ2) is 8.33. The molecule has 0 unspecified atom stereocenters. The van der Waals surface area contributed by atoms with E-state index >= 15 is 0 Å². The van der Waals surface area contributed by atoms with E-state index in [2.05, 4.69) is 15.3 Å². The van der Waals surface area contributed by atoms with Crippen molar-refractivity contribution in [2.45, 2.75) is 52.1 Å². The van der Waals surface area contributed by atoms with Crippen molar-refractivity contribution in [3.63, 3.8) is 0 Å². The molecule has 2 aromatic rings. The molecule has 2 amide bonds. The Hall–Kier alpha value is -2.70. The van der Waals surface area contributed by atoms with E-state index in [1.165, 1.54) is 0 Å². The maximum Gasteiger partial charge on any atom is 0.289 e. The van der Waals surface area contributed by atoms with Crippen LogP contribution in [0.5, 0.6) is 0 Å². The van der Waals surface area contributed by atoms with Crippen molar-refractivity contribution in [3.05, 3.63) is 47.3 Å². The highest BCUT2D eigenvalue weighted by atomic mass is 16.2. The van der Waals surface area contributed by atoms with Gasteiger partial charge in [0, 0.05) is 38.6 Å². The first kappa shape index (κ1) is 19.1. The van der Waals surface area contributed by atoms with E-state index in [1.807, 2.05) is 30.5 Å². The lowest BCUT2D eigenvalue weighted by molar-refractivity contribution is 0.0778. The lowest BCUT2D eigenvalue weighted by Gasteiger charge is -2.20. The topological polar surface area (TPSA) is 80.1 Å². The van der Waals surface area contributed by atoms with E-state index in [0.717, 1.165) is 43.5 Å². The lowest BCUT2D eigenvalue weighted by atomic mass is 10.1. The van der Waals surface area contributed by atoms with Crippen LogP contribution >= 0.6 is 0 Å².